The van der Waals surface area contributed by atoms with Gasteiger partial charge in [0.15, 0.2) is 0 Å². The zero-order chi connectivity index (χ0) is 17.5. The molecule has 24 heavy (non-hydrogen) atoms. The molecule has 1 unspecified atom stereocenters. The van der Waals surface area contributed by atoms with Gasteiger partial charge in [0.05, 0.1) is 5.92 Å². The van der Waals surface area contributed by atoms with Gasteiger partial charge < -0.3 is 9.84 Å². The number of hydrogen-bond donors (Lipinski definition) is 1. The van der Waals surface area contributed by atoms with Crippen LogP contribution in [0.4, 0.5) is 0 Å². The molecular weight excluding hydrogens is 436 g/mol. The molecule has 0 aliphatic rings. The Balaban J connectivity index is 1.86. The number of halogens is 2. The molecule has 2 rings (SSSR count). The van der Waals surface area contributed by atoms with Gasteiger partial charge in [-0.25, -0.2) is 0 Å². The molecule has 0 aromatic heterocycles. The largest absolute Gasteiger partial charge is 0.490 e. The third kappa shape index (κ3) is 6.13. The Morgan fingerprint density at radius 3 is 2.38 bits per heavy atom. The summed E-state index contributed by atoms with van der Waals surface area (Å²) in [5, 5.41) is 8.93. The summed E-state index contributed by atoms with van der Waals surface area (Å²) in [6.07, 6.45) is 4.47. The van der Waals surface area contributed by atoms with Gasteiger partial charge in [-0.1, -0.05) is 57.0 Å². The smallest absolute Gasteiger partial charge is 0.306 e. The fraction of sp³-hybridized carbons (Fsp3) is 0.211. The van der Waals surface area contributed by atoms with Crippen LogP contribution >= 0.6 is 31.9 Å². The first-order valence-corrected chi connectivity index (χ1v) is 9.10. The summed E-state index contributed by atoms with van der Waals surface area (Å²) >= 11 is 6.92. The Labute approximate surface area is 158 Å². The van der Waals surface area contributed by atoms with Crippen molar-refractivity contribution in [1.29, 1.82) is 0 Å². The molecule has 0 bridgehead atoms. The van der Waals surface area contributed by atoms with Gasteiger partial charge in [0.1, 0.15) is 12.4 Å². The number of hydrogen-bond acceptors (Lipinski definition) is 2. The second-order valence-electron chi connectivity index (χ2n) is 5.50. The molecule has 126 valence electrons. The van der Waals surface area contributed by atoms with Crippen LogP contribution in [-0.4, -0.2) is 17.7 Å². The lowest BCUT2D eigenvalue weighted by Crippen LogP contribution is -2.12. The molecule has 2 aromatic rings. The molecular formula is C19H18Br2O3. The summed E-state index contributed by atoms with van der Waals surface area (Å²) < 4.78 is 7.70. The average molecular weight is 454 g/mol. The van der Waals surface area contributed by atoms with Crippen molar-refractivity contribution in [1.82, 2.24) is 0 Å². The van der Waals surface area contributed by atoms with E-state index in [-0.39, 0.29) is 5.92 Å². The Morgan fingerprint density at radius 2 is 1.79 bits per heavy atom. The Morgan fingerprint density at radius 1 is 1.17 bits per heavy atom. The van der Waals surface area contributed by atoms with Crippen LogP contribution in [0.2, 0.25) is 0 Å². The molecule has 1 atom stereocenters. The van der Waals surface area contributed by atoms with Crippen molar-refractivity contribution >= 4 is 43.9 Å². The molecule has 2 aromatic carbocycles. The van der Waals surface area contributed by atoms with Crippen molar-refractivity contribution in [2.24, 2.45) is 5.92 Å². The monoisotopic (exact) mass is 452 g/mol. The second kappa shape index (κ2) is 9.04. The maximum absolute atomic E-state index is 10.9. The van der Waals surface area contributed by atoms with Crippen molar-refractivity contribution in [2.45, 2.75) is 13.3 Å². The maximum atomic E-state index is 10.9. The molecule has 0 aliphatic heterocycles. The van der Waals surface area contributed by atoms with E-state index in [0.29, 0.717) is 13.0 Å². The standard InChI is InChI=1S/C19H18Br2O3/c1-13(19(22)23)9-14-4-6-18(7-5-14)24-8-2-3-15-10-16(20)12-17(21)11-15/h2-7,10-13H,8-9H2,1H3,(H,22,23)/b3-2+. The molecule has 5 heteroatoms. The Bertz CT molecular complexity index is 704. The van der Waals surface area contributed by atoms with E-state index in [1.54, 1.807) is 6.92 Å². The second-order valence-corrected chi connectivity index (χ2v) is 7.33. The summed E-state index contributed by atoms with van der Waals surface area (Å²) in [5.41, 5.74) is 2.07. The summed E-state index contributed by atoms with van der Waals surface area (Å²) in [6.45, 7) is 2.17. The van der Waals surface area contributed by atoms with Gasteiger partial charge >= 0.3 is 5.97 Å². The first-order valence-electron chi connectivity index (χ1n) is 7.51. The first-order chi connectivity index (χ1) is 11.4. The quantitative estimate of drug-likeness (QED) is 0.596. The van der Waals surface area contributed by atoms with Crippen LogP contribution in [-0.2, 0) is 11.2 Å². The minimum Gasteiger partial charge on any atom is -0.490 e. The van der Waals surface area contributed by atoms with Crippen molar-refractivity contribution in [3.63, 3.8) is 0 Å². The Kier molecular flexibility index (Phi) is 7.06. The van der Waals surface area contributed by atoms with E-state index in [0.717, 1.165) is 25.8 Å². The van der Waals surface area contributed by atoms with Gasteiger partial charge in [-0.15, -0.1) is 0 Å². The third-order valence-corrected chi connectivity index (χ3v) is 4.34. The lowest BCUT2D eigenvalue weighted by atomic mass is 10.0. The van der Waals surface area contributed by atoms with E-state index in [4.69, 9.17) is 9.84 Å². The SMILES string of the molecule is CC(Cc1ccc(OC/C=C/c2cc(Br)cc(Br)c2)cc1)C(=O)O. The highest BCUT2D eigenvalue weighted by Gasteiger charge is 2.11. The van der Waals surface area contributed by atoms with Crippen LogP contribution < -0.4 is 4.74 Å². The molecule has 0 saturated heterocycles. The number of aliphatic carboxylic acids is 1. The Hall–Kier alpha value is -1.59. The molecule has 3 nitrogen and oxygen atoms in total. The van der Waals surface area contributed by atoms with Gasteiger partial charge in [-0.3, -0.25) is 4.79 Å². The topological polar surface area (TPSA) is 46.5 Å². The van der Waals surface area contributed by atoms with E-state index < -0.39 is 5.97 Å². The van der Waals surface area contributed by atoms with Gasteiger partial charge in [0, 0.05) is 8.95 Å². The van der Waals surface area contributed by atoms with Crippen LogP contribution in [0, 0.1) is 5.92 Å². The van der Waals surface area contributed by atoms with E-state index in [2.05, 4.69) is 31.9 Å². The number of carbonyl (C=O) groups is 1. The summed E-state index contributed by atoms with van der Waals surface area (Å²) in [5.74, 6) is -0.398. The minimum atomic E-state index is -0.778. The summed E-state index contributed by atoms with van der Waals surface area (Å²) in [7, 11) is 0. The predicted molar refractivity (Wildman–Crippen MR) is 103 cm³/mol. The summed E-state index contributed by atoms with van der Waals surface area (Å²) in [6, 6.07) is 13.6. The van der Waals surface area contributed by atoms with Gasteiger partial charge in [-0.2, -0.15) is 0 Å². The lowest BCUT2D eigenvalue weighted by Gasteiger charge is -2.08. The molecule has 0 fully saturated rings. The fourth-order valence-electron chi connectivity index (χ4n) is 2.16. The summed E-state index contributed by atoms with van der Waals surface area (Å²) in [4.78, 5) is 10.9. The number of rotatable bonds is 7. The van der Waals surface area contributed by atoms with Crippen molar-refractivity contribution in [2.75, 3.05) is 6.61 Å². The number of ether oxygens (including phenoxy) is 1. The van der Waals surface area contributed by atoms with Crippen molar-refractivity contribution in [3.8, 4) is 5.75 Å². The fourth-order valence-corrected chi connectivity index (χ4v) is 3.49. The minimum absolute atomic E-state index is 0.385. The highest BCUT2D eigenvalue weighted by atomic mass is 79.9. The number of carboxylic acids is 1. The molecule has 0 saturated carbocycles. The van der Waals surface area contributed by atoms with Crippen LogP contribution in [0.3, 0.4) is 0 Å². The maximum Gasteiger partial charge on any atom is 0.306 e. The highest BCUT2D eigenvalue weighted by molar-refractivity contribution is 9.11. The van der Waals surface area contributed by atoms with Crippen molar-refractivity contribution < 1.29 is 14.6 Å². The molecule has 0 radical (unpaired) electrons. The normalized spacial score (nSPS) is 12.3. The van der Waals surface area contributed by atoms with Crippen LogP contribution in [0.1, 0.15) is 18.1 Å². The van der Waals surface area contributed by atoms with E-state index >= 15 is 0 Å². The lowest BCUT2D eigenvalue weighted by molar-refractivity contribution is -0.141. The van der Waals surface area contributed by atoms with Crippen LogP contribution in [0.25, 0.3) is 6.08 Å². The molecule has 1 N–H and O–H groups in total. The highest BCUT2D eigenvalue weighted by Crippen LogP contribution is 2.21. The van der Waals surface area contributed by atoms with E-state index in [9.17, 15) is 4.79 Å². The molecule has 0 spiro atoms. The zero-order valence-electron chi connectivity index (χ0n) is 13.2. The van der Waals surface area contributed by atoms with Crippen LogP contribution in [0.15, 0.2) is 57.5 Å². The third-order valence-electron chi connectivity index (χ3n) is 3.43. The molecule has 0 aliphatic carbocycles. The molecule has 0 heterocycles. The molecule has 0 amide bonds. The van der Waals surface area contributed by atoms with E-state index in [1.807, 2.05) is 54.6 Å². The van der Waals surface area contributed by atoms with Gasteiger partial charge in [0.2, 0.25) is 0 Å². The van der Waals surface area contributed by atoms with E-state index in [1.165, 1.54) is 0 Å². The first kappa shape index (κ1) is 18.7. The van der Waals surface area contributed by atoms with Crippen molar-refractivity contribution in [3.05, 3.63) is 68.6 Å². The van der Waals surface area contributed by atoms with Crippen LogP contribution in [0.5, 0.6) is 5.75 Å². The average Bonchev–Trinajstić information content (AvgIpc) is 2.52. The number of benzene rings is 2. The van der Waals surface area contributed by atoms with Gasteiger partial charge in [-0.05, 0) is 54.0 Å². The predicted octanol–water partition coefficient (Wildman–Crippen LogP) is 5.57. The number of carboxylic acid groups (broad SMARTS) is 1. The van der Waals surface area contributed by atoms with Gasteiger partial charge in [0.25, 0.3) is 0 Å². The zero-order valence-corrected chi connectivity index (χ0v) is 16.4.